The number of nitrogens with one attached hydrogen (secondary N) is 1. The number of hydrogen-bond donors (Lipinski definition) is 2. The number of hydrogen-bond acceptors (Lipinski definition) is 5. The Labute approximate surface area is 132 Å². The van der Waals surface area contributed by atoms with Crippen LogP contribution in [0.4, 0.5) is 0 Å². The Morgan fingerprint density at radius 1 is 1.36 bits per heavy atom. The number of carboxylic acids is 1. The van der Waals surface area contributed by atoms with Gasteiger partial charge in [-0.3, -0.25) is 4.79 Å². The molecular formula is C15H18N2O4S. The average Bonchev–Trinajstić information content (AvgIpc) is 3.13. The molecule has 1 amide bonds. The zero-order chi connectivity index (χ0) is 16.1. The van der Waals surface area contributed by atoms with Crippen LogP contribution >= 0.6 is 11.3 Å². The van der Waals surface area contributed by atoms with Gasteiger partial charge in [0, 0.05) is 24.8 Å². The molecule has 0 spiro atoms. The van der Waals surface area contributed by atoms with E-state index in [0.717, 1.165) is 24.2 Å². The number of nitrogens with zero attached hydrogens (tertiary/aromatic N) is 1. The second-order valence-electron chi connectivity index (χ2n) is 4.70. The van der Waals surface area contributed by atoms with Gasteiger partial charge in [0.05, 0.1) is 5.01 Å². The molecule has 0 aromatic carbocycles. The van der Waals surface area contributed by atoms with E-state index in [-0.39, 0.29) is 11.6 Å². The van der Waals surface area contributed by atoms with Gasteiger partial charge in [-0.2, -0.15) is 0 Å². The van der Waals surface area contributed by atoms with E-state index in [4.69, 9.17) is 9.52 Å². The van der Waals surface area contributed by atoms with Crippen LogP contribution in [0.3, 0.4) is 0 Å². The molecule has 2 aromatic heterocycles. The van der Waals surface area contributed by atoms with E-state index >= 15 is 0 Å². The summed E-state index contributed by atoms with van der Waals surface area (Å²) in [5.41, 5.74) is 1.09. The van der Waals surface area contributed by atoms with Gasteiger partial charge >= 0.3 is 5.97 Å². The maximum absolute atomic E-state index is 12.0. The van der Waals surface area contributed by atoms with Crippen molar-refractivity contribution in [2.45, 2.75) is 33.1 Å². The van der Waals surface area contributed by atoms with Crippen LogP contribution < -0.4 is 5.32 Å². The van der Waals surface area contributed by atoms with Crippen molar-refractivity contribution in [3.63, 3.8) is 0 Å². The zero-order valence-corrected chi connectivity index (χ0v) is 13.3. The Hall–Kier alpha value is -2.15. The molecule has 0 radical (unpaired) electrons. The quantitative estimate of drug-likeness (QED) is 0.817. The molecule has 0 aliphatic carbocycles. The number of carboxylic acid groups (broad SMARTS) is 1. The van der Waals surface area contributed by atoms with Crippen molar-refractivity contribution < 1.29 is 19.1 Å². The Morgan fingerprint density at radius 2 is 2.14 bits per heavy atom. The number of aryl methyl sites for hydroxylation is 2. The van der Waals surface area contributed by atoms with Gasteiger partial charge in [-0.05, 0) is 18.1 Å². The summed E-state index contributed by atoms with van der Waals surface area (Å²) in [6.45, 7) is 4.39. The molecule has 2 aromatic rings. The maximum atomic E-state index is 12.0. The predicted molar refractivity (Wildman–Crippen MR) is 82.6 cm³/mol. The normalized spacial score (nSPS) is 10.6. The van der Waals surface area contributed by atoms with E-state index in [1.807, 2.05) is 13.8 Å². The highest BCUT2D eigenvalue weighted by Gasteiger charge is 2.15. The van der Waals surface area contributed by atoms with Gasteiger partial charge in [0.25, 0.3) is 5.91 Å². The molecular weight excluding hydrogens is 304 g/mol. The number of carbonyl (C=O) groups excluding carboxylic acids is 1. The highest BCUT2D eigenvalue weighted by atomic mass is 32.1. The smallest absolute Gasteiger partial charge is 0.355 e. The molecule has 0 unspecified atom stereocenters. The number of furan rings is 1. The van der Waals surface area contributed by atoms with E-state index in [1.54, 1.807) is 6.07 Å². The summed E-state index contributed by atoms with van der Waals surface area (Å²) in [6.07, 6.45) is 2.08. The minimum atomic E-state index is -1.04. The number of rotatable bonds is 7. The van der Waals surface area contributed by atoms with Crippen LogP contribution in [-0.2, 0) is 19.3 Å². The van der Waals surface area contributed by atoms with Gasteiger partial charge in [-0.25, -0.2) is 9.78 Å². The van der Waals surface area contributed by atoms with Gasteiger partial charge < -0.3 is 14.8 Å². The molecule has 0 atom stereocenters. The number of amides is 1. The molecule has 22 heavy (non-hydrogen) atoms. The fourth-order valence-corrected chi connectivity index (χ4v) is 2.84. The highest BCUT2D eigenvalue weighted by molar-refractivity contribution is 7.09. The predicted octanol–water partition coefficient (Wildman–Crippen LogP) is 2.53. The van der Waals surface area contributed by atoms with Crippen molar-refractivity contribution in [1.29, 1.82) is 0 Å². The Morgan fingerprint density at radius 3 is 2.68 bits per heavy atom. The van der Waals surface area contributed by atoms with Gasteiger partial charge in [-0.15, -0.1) is 11.3 Å². The molecule has 7 heteroatoms. The Balaban J connectivity index is 1.89. The summed E-state index contributed by atoms with van der Waals surface area (Å²) in [5, 5.41) is 13.7. The van der Waals surface area contributed by atoms with Gasteiger partial charge in [0.1, 0.15) is 5.76 Å². The van der Waals surface area contributed by atoms with Crippen molar-refractivity contribution in [2.24, 2.45) is 0 Å². The van der Waals surface area contributed by atoms with Crippen molar-refractivity contribution >= 4 is 23.2 Å². The molecule has 0 saturated heterocycles. The first kappa shape index (κ1) is 16.2. The van der Waals surface area contributed by atoms with Gasteiger partial charge in [0.15, 0.2) is 11.5 Å². The zero-order valence-electron chi connectivity index (χ0n) is 12.5. The topological polar surface area (TPSA) is 92.4 Å². The first-order valence-corrected chi connectivity index (χ1v) is 8.00. The number of aromatic nitrogens is 1. The molecule has 0 saturated carbocycles. The third-order valence-corrected chi connectivity index (χ3v) is 4.13. The lowest BCUT2D eigenvalue weighted by Crippen LogP contribution is -2.25. The van der Waals surface area contributed by atoms with Crippen LogP contribution in [0.15, 0.2) is 15.9 Å². The van der Waals surface area contributed by atoms with Crippen LogP contribution in [0, 0.1) is 0 Å². The summed E-state index contributed by atoms with van der Waals surface area (Å²) >= 11 is 1.27. The Bertz CT molecular complexity index is 653. The molecule has 118 valence electrons. The number of aromatic carboxylic acids is 1. The van der Waals surface area contributed by atoms with Crippen LogP contribution in [0.25, 0.3) is 0 Å². The molecule has 0 aliphatic rings. The monoisotopic (exact) mass is 322 g/mol. The fraction of sp³-hybridized carbons (Fsp3) is 0.400. The van der Waals surface area contributed by atoms with Crippen molar-refractivity contribution in [3.05, 3.63) is 39.2 Å². The first-order chi connectivity index (χ1) is 10.5. The third kappa shape index (κ3) is 3.73. The first-order valence-electron chi connectivity index (χ1n) is 7.12. The molecule has 0 bridgehead atoms. The van der Waals surface area contributed by atoms with Crippen molar-refractivity contribution in [1.82, 2.24) is 10.3 Å². The maximum Gasteiger partial charge on any atom is 0.355 e. The van der Waals surface area contributed by atoms with Crippen LogP contribution in [0.2, 0.25) is 0 Å². The van der Waals surface area contributed by atoms with Crippen LogP contribution in [0.5, 0.6) is 0 Å². The molecule has 2 heterocycles. The lowest BCUT2D eigenvalue weighted by atomic mass is 10.1. The second kappa shape index (κ2) is 7.22. The number of thiazole rings is 1. The van der Waals surface area contributed by atoms with Gasteiger partial charge in [0.2, 0.25) is 0 Å². The summed E-state index contributed by atoms with van der Waals surface area (Å²) in [5.74, 6) is -0.136. The summed E-state index contributed by atoms with van der Waals surface area (Å²) < 4.78 is 5.55. The summed E-state index contributed by atoms with van der Waals surface area (Å²) in [4.78, 5) is 26.7. The minimum Gasteiger partial charge on any atom is -0.476 e. The average molecular weight is 322 g/mol. The van der Waals surface area contributed by atoms with E-state index in [9.17, 15) is 9.59 Å². The molecule has 6 nitrogen and oxygen atoms in total. The van der Waals surface area contributed by atoms with E-state index in [2.05, 4.69) is 10.3 Å². The van der Waals surface area contributed by atoms with Crippen LogP contribution in [-0.4, -0.2) is 28.5 Å². The summed E-state index contributed by atoms with van der Waals surface area (Å²) in [7, 11) is 0. The Kier molecular flexibility index (Phi) is 5.32. The van der Waals surface area contributed by atoms with E-state index in [0.29, 0.717) is 23.7 Å². The lowest BCUT2D eigenvalue weighted by Gasteiger charge is -2.01. The minimum absolute atomic E-state index is 0.0394. The van der Waals surface area contributed by atoms with E-state index in [1.165, 1.54) is 16.7 Å². The molecule has 0 fully saturated rings. The van der Waals surface area contributed by atoms with Crippen molar-refractivity contribution in [3.8, 4) is 0 Å². The largest absolute Gasteiger partial charge is 0.476 e. The second-order valence-corrected chi connectivity index (χ2v) is 5.65. The van der Waals surface area contributed by atoms with Crippen molar-refractivity contribution in [2.75, 3.05) is 6.54 Å². The third-order valence-electron chi connectivity index (χ3n) is 3.22. The van der Waals surface area contributed by atoms with Crippen LogP contribution in [0.1, 0.15) is 51.2 Å². The highest BCUT2D eigenvalue weighted by Crippen LogP contribution is 2.17. The standard InChI is InChI=1S/C15H18N2O4S/c1-3-9-7-12(21-11(9)4-2)14(18)16-6-5-13-17-10(8-22-13)15(19)20/h7-8H,3-6H2,1-2H3,(H,16,18)(H,19,20). The summed E-state index contributed by atoms with van der Waals surface area (Å²) in [6, 6.07) is 1.78. The molecule has 2 N–H and O–H groups in total. The SMILES string of the molecule is CCc1cc(C(=O)NCCc2nc(C(=O)O)cs2)oc1CC. The molecule has 0 aliphatic heterocycles. The van der Waals surface area contributed by atoms with E-state index < -0.39 is 5.97 Å². The lowest BCUT2D eigenvalue weighted by molar-refractivity contribution is 0.0690. The molecule has 2 rings (SSSR count). The van der Waals surface area contributed by atoms with Gasteiger partial charge in [-0.1, -0.05) is 13.8 Å². The number of carbonyl (C=O) groups is 2. The fourth-order valence-electron chi connectivity index (χ4n) is 2.07.